The Labute approximate surface area is 159 Å². The molecular formula is C12H27AlCl4Ti. The van der Waals surface area contributed by atoms with E-state index < -0.39 is 14.1 Å². The van der Waals surface area contributed by atoms with Crippen LogP contribution in [0, 0.1) is 17.8 Å². The summed E-state index contributed by atoms with van der Waals surface area (Å²) in [5.74, 6) is 2.78. The number of halogens is 4. The molecule has 0 spiro atoms. The van der Waals surface area contributed by atoms with E-state index in [2.05, 4.69) is 41.5 Å². The second kappa shape index (κ2) is 21.7. The molecule has 0 fully saturated rings. The van der Waals surface area contributed by atoms with E-state index in [1.807, 2.05) is 0 Å². The third-order valence-electron chi connectivity index (χ3n) is 2.41. The van der Waals surface area contributed by atoms with Crippen LogP contribution in [0.4, 0.5) is 0 Å². The van der Waals surface area contributed by atoms with E-state index in [0.717, 1.165) is 17.8 Å². The first-order valence-corrected chi connectivity index (χ1v) is 8.36. The van der Waals surface area contributed by atoms with Crippen LogP contribution in [0.25, 0.3) is 0 Å². The maximum Gasteiger partial charge on any atom is 4.00 e. The van der Waals surface area contributed by atoms with Crippen LogP contribution in [0.1, 0.15) is 41.5 Å². The van der Waals surface area contributed by atoms with Crippen molar-refractivity contribution in [2.45, 2.75) is 57.4 Å². The topological polar surface area (TPSA) is 0 Å². The molecule has 0 aromatic rings. The zero-order valence-corrected chi connectivity index (χ0v) is 18.2. The molecule has 0 N–H and O–H groups in total. The summed E-state index contributed by atoms with van der Waals surface area (Å²) in [7, 11) is 0. The summed E-state index contributed by atoms with van der Waals surface area (Å²) in [5, 5.41) is 4.66. The largest absolute Gasteiger partial charge is 4.00 e. The number of hydrogen-bond acceptors (Lipinski definition) is 0. The standard InChI is InChI=1S/3C4H9.Al.4ClH.Ti/c3*1-4(2)3;;;;;;/h3*4H,1H2,2-3H3;;4*1H;/q;;;;;;;;+4/p-4. The molecule has 0 aliphatic carbocycles. The van der Waals surface area contributed by atoms with Crippen LogP contribution in [-0.2, 0) is 21.7 Å². The van der Waals surface area contributed by atoms with Gasteiger partial charge in [0.15, 0.2) is 0 Å². The summed E-state index contributed by atoms with van der Waals surface area (Å²) in [6.45, 7) is 14.3. The summed E-state index contributed by atoms with van der Waals surface area (Å²) in [6.07, 6.45) is 0. The molecule has 110 valence electrons. The molecule has 0 heterocycles. The van der Waals surface area contributed by atoms with Gasteiger partial charge in [0.2, 0.25) is 0 Å². The van der Waals surface area contributed by atoms with Gasteiger partial charge in [0.25, 0.3) is 14.1 Å². The number of rotatable bonds is 6. The molecule has 0 atom stereocenters. The maximum atomic E-state index is 2.38. The van der Waals surface area contributed by atoms with Crippen molar-refractivity contribution in [3.63, 3.8) is 0 Å². The summed E-state index contributed by atoms with van der Waals surface area (Å²) >= 11 is -0.407. The second-order valence-corrected chi connectivity index (χ2v) is 8.90. The van der Waals surface area contributed by atoms with Gasteiger partial charge in [0, 0.05) is 0 Å². The molecule has 0 aliphatic heterocycles. The van der Waals surface area contributed by atoms with Gasteiger partial charge in [-0.1, -0.05) is 75.1 Å². The SMILES string of the molecule is CC(C)[CH2][Al]([CH2]C(C)C)[CH2]C(C)C.[Cl-].[Cl-].[Cl-].[Cl-].[Ti+4]. The van der Waals surface area contributed by atoms with Crippen LogP contribution in [0.5, 0.6) is 0 Å². The van der Waals surface area contributed by atoms with Gasteiger partial charge >= 0.3 is 21.7 Å². The Hall–Kier alpha value is 2.41. The predicted octanol–water partition coefficient (Wildman–Crippen LogP) is -7.54. The molecule has 0 radical (unpaired) electrons. The summed E-state index contributed by atoms with van der Waals surface area (Å²) in [6, 6.07) is 0. The first-order valence-electron chi connectivity index (χ1n) is 5.91. The first-order chi connectivity index (χ1) is 5.91. The van der Waals surface area contributed by atoms with E-state index in [1.165, 1.54) is 0 Å². The molecule has 0 saturated heterocycles. The third kappa shape index (κ3) is 26.9. The Balaban J connectivity index is -0.0000000720. The van der Waals surface area contributed by atoms with Gasteiger partial charge in [-0.3, -0.25) is 0 Å². The Morgan fingerprint density at radius 2 is 0.722 bits per heavy atom. The molecule has 0 nitrogen and oxygen atoms in total. The van der Waals surface area contributed by atoms with Gasteiger partial charge in [-0.05, 0) is 0 Å². The van der Waals surface area contributed by atoms with E-state index in [0.29, 0.717) is 0 Å². The average molecular weight is 388 g/mol. The van der Waals surface area contributed by atoms with Gasteiger partial charge in [-0.15, -0.1) is 0 Å². The fourth-order valence-electron chi connectivity index (χ4n) is 2.29. The van der Waals surface area contributed by atoms with Crippen molar-refractivity contribution in [3.8, 4) is 0 Å². The predicted molar refractivity (Wildman–Crippen MR) is 64.7 cm³/mol. The van der Waals surface area contributed by atoms with Gasteiger partial charge < -0.3 is 49.6 Å². The van der Waals surface area contributed by atoms with Crippen molar-refractivity contribution in [1.82, 2.24) is 0 Å². The molecule has 0 saturated carbocycles. The summed E-state index contributed by atoms with van der Waals surface area (Å²) < 4.78 is 0. The monoisotopic (exact) mass is 386 g/mol. The Morgan fingerprint density at radius 3 is 0.833 bits per heavy atom. The summed E-state index contributed by atoms with van der Waals surface area (Å²) in [4.78, 5) is 0. The van der Waals surface area contributed by atoms with E-state index in [1.54, 1.807) is 15.8 Å². The minimum atomic E-state index is -0.407. The Kier molecular flexibility index (Phi) is 44.6. The van der Waals surface area contributed by atoms with Crippen molar-refractivity contribution < 1.29 is 71.3 Å². The number of hydrogen-bond donors (Lipinski definition) is 0. The van der Waals surface area contributed by atoms with Gasteiger partial charge in [-0.25, -0.2) is 0 Å². The molecule has 0 bridgehead atoms. The Morgan fingerprint density at radius 1 is 0.556 bits per heavy atom. The van der Waals surface area contributed by atoms with E-state index in [4.69, 9.17) is 0 Å². The zero-order valence-electron chi connectivity index (χ0n) is 12.4. The molecule has 0 aromatic heterocycles. The normalized spacial score (nSPS) is 8.50. The molecule has 0 aromatic carbocycles. The second-order valence-electron chi connectivity index (χ2n) is 5.75. The average Bonchev–Trinajstić information content (AvgIpc) is 1.80. The molecule has 6 heteroatoms. The van der Waals surface area contributed by atoms with Crippen molar-refractivity contribution >= 4 is 14.1 Å². The minimum Gasteiger partial charge on any atom is -1.00 e. The van der Waals surface area contributed by atoms with Crippen LogP contribution in [-0.4, -0.2) is 14.1 Å². The maximum absolute atomic E-state index is 2.38. The van der Waals surface area contributed by atoms with Gasteiger partial charge in [0.1, 0.15) is 0 Å². The van der Waals surface area contributed by atoms with Gasteiger partial charge in [0.05, 0.1) is 0 Å². The molecular weight excluding hydrogens is 361 g/mol. The molecule has 0 aliphatic rings. The first kappa shape index (κ1) is 37.0. The van der Waals surface area contributed by atoms with Crippen molar-refractivity contribution in [2.24, 2.45) is 17.8 Å². The molecule has 0 rings (SSSR count). The van der Waals surface area contributed by atoms with Crippen LogP contribution in [0.3, 0.4) is 0 Å². The zero-order chi connectivity index (χ0) is 10.4. The van der Waals surface area contributed by atoms with Crippen LogP contribution >= 0.6 is 0 Å². The fourth-order valence-corrected chi connectivity index (χ4v) is 6.87. The van der Waals surface area contributed by atoms with E-state index in [-0.39, 0.29) is 71.3 Å². The van der Waals surface area contributed by atoms with Crippen LogP contribution in [0.2, 0.25) is 15.8 Å². The molecule has 18 heavy (non-hydrogen) atoms. The van der Waals surface area contributed by atoms with Crippen molar-refractivity contribution in [3.05, 3.63) is 0 Å². The molecule has 0 unspecified atom stereocenters. The smallest absolute Gasteiger partial charge is 1.00 e. The van der Waals surface area contributed by atoms with Gasteiger partial charge in [-0.2, -0.15) is 0 Å². The van der Waals surface area contributed by atoms with Crippen molar-refractivity contribution in [1.29, 1.82) is 0 Å². The Bertz CT molecular complexity index is 111. The van der Waals surface area contributed by atoms with Crippen LogP contribution in [0.15, 0.2) is 0 Å². The molecule has 0 amide bonds. The van der Waals surface area contributed by atoms with Crippen LogP contribution < -0.4 is 49.6 Å². The quantitative estimate of drug-likeness (QED) is 0.397. The van der Waals surface area contributed by atoms with Crippen molar-refractivity contribution in [2.75, 3.05) is 0 Å². The van der Waals surface area contributed by atoms with E-state index in [9.17, 15) is 0 Å². The van der Waals surface area contributed by atoms with E-state index >= 15 is 0 Å². The fraction of sp³-hybridized carbons (Fsp3) is 1.00. The third-order valence-corrected chi connectivity index (χ3v) is 7.24. The minimum absolute atomic E-state index is 0. The summed E-state index contributed by atoms with van der Waals surface area (Å²) in [5.41, 5.74) is 0.